The van der Waals surface area contributed by atoms with Crippen LogP contribution in [0.3, 0.4) is 0 Å². The van der Waals surface area contributed by atoms with Crippen LogP contribution in [0.1, 0.15) is 42.5 Å². The molecule has 0 saturated carbocycles. The van der Waals surface area contributed by atoms with Crippen molar-refractivity contribution in [1.29, 1.82) is 0 Å². The van der Waals surface area contributed by atoms with Crippen LogP contribution < -0.4 is 5.56 Å². The van der Waals surface area contributed by atoms with Gasteiger partial charge in [-0.2, -0.15) is 0 Å². The van der Waals surface area contributed by atoms with Crippen LogP contribution in [-0.4, -0.2) is 14.8 Å². The van der Waals surface area contributed by atoms with Crippen LogP contribution in [0.15, 0.2) is 27.3 Å². The lowest BCUT2D eigenvalue weighted by molar-refractivity contribution is 0.533. The van der Waals surface area contributed by atoms with Crippen molar-refractivity contribution in [2.75, 3.05) is 0 Å². The van der Waals surface area contributed by atoms with Crippen molar-refractivity contribution < 1.29 is 0 Å². The second kappa shape index (κ2) is 4.68. The third-order valence-electron chi connectivity index (χ3n) is 3.07. The maximum Gasteiger partial charge on any atom is 0.271 e. The molecule has 0 aliphatic carbocycles. The molecule has 0 saturated heterocycles. The van der Waals surface area contributed by atoms with Gasteiger partial charge in [-0.3, -0.25) is 14.6 Å². The molecule has 19 heavy (non-hydrogen) atoms. The summed E-state index contributed by atoms with van der Waals surface area (Å²) in [5, 5.41) is 6.02. The summed E-state index contributed by atoms with van der Waals surface area (Å²) in [5.41, 5.74) is 0.762. The van der Waals surface area contributed by atoms with Crippen LogP contribution in [0, 0.1) is 0 Å². The molecule has 6 heteroatoms. The van der Waals surface area contributed by atoms with Gasteiger partial charge in [0.05, 0.1) is 15.9 Å². The Morgan fingerprint density at radius 1 is 1.47 bits per heavy atom. The van der Waals surface area contributed by atoms with Crippen LogP contribution in [0.4, 0.5) is 5.82 Å². The van der Waals surface area contributed by atoms with Crippen LogP contribution in [0.5, 0.6) is 0 Å². The van der Waals surface area contributed by atoms with Gasteiger partial charge in [-0.25, -0.2) is 4.99 Å². The maximum atomic E-state index is 12.2. The van der Waals surface area contributed by atoms with E-state index in [4.69, 9.17) is 0 Å². The van der Waals surface area contributed by atoms with Gasteiger partial charge in [0, 0.05) is 10.9 Å². The number of nitrogens with zero attached hydrogens (tertiary/aromatic N) is 2. The van der Waals surface area contributed by atoms with Crippen LogP contribution in [-0.2, 0) is 0 Å². The first kappa shape index (κ1) is 12.7. The van der Waals surface area contributed by atoms with Gasteiger partial charge in [0.2, 0.25) is 0 Å². The molecular weight excluding hydrogens is 278 g/mol. The number of hydrogen-bond donors (Lipinski definition) is 1. The molecule has 1 atom stereocenters. The predicted octanol–water partition coefficient (Wildman–Crippen LogP) is 3.70. The summed E-state index contributed by atoms with van der Waals surface area (Å²) in [6.45, 7) is 6.09. The number of thioether (sulfide) groups is 1. The first-order chi connectivity index (χ1) is 9.08. The van der Waals surface area contributed by atoms with Gasteiger partial charge in [0.1, 0.15) is 0 Å². The highest BCUT2D eigenvalue weighted by Crippen LogP contribution is 2.45. The normalized spacial score (nSPS) is 18.5. The lowest BCUT2D eigenvalue weighted by Crippen LogP contribution is -2.12. The topological polar surface area (TPSA) is 50.1 Å². The van der Waals surface area contributed by atoms with Crippen molar-refractivity contribution in [1.82, 2.24) is 9.78 Å². The summed E-state index contributed by atoms with van der Waals surface area (Å²) < 4.78 is 1.86. The summed E-state index contributed by atoms with van der Waals surface area (Å²) in [6, 6.07) is 4.30. The number of thiophene rings is 1. The summed E-state index contributed by atoms with van der Waals surface area (Å²) in [6.07, 6.45) is 0. The Labute approximate surface area is 119 Å². The zero-order valence-corrected chi connectivity index (χ0v) is 12.6. The molecule has 1 aliphatic rings. The van der Waals surface area contributed by atoms with E-state index in [-0.39, 0.29) is 16.9 Å². The van der Waals surface area contributed by atoms with Crippen molar-refractivity contribution in [2.45, 2.75) is 32.1 Å². The van der Waals surface area contributed by atoms with Crippen molar-refractivity contribution in [3.63, 3.8) is 0 Å². The van der Waals surface area contributed by atoms with E-state index in [2.05, 4.69) is 16.2 Å². The Bertz CT molecular complexity index is 679. The van der Waals surface area contributed by atoms with Gasteiger partial charge in [0.25, 0.3) is 5.56 Å². The minimum atomic E-state index is -0.0224. The summed E-state index contributed by atoms with van der Waals surface area (Å²) >= 11 is 3.34. The van der Waals surface area contributed by atoms with E-state index in [9.17, 15) is 4.79 Å². The van der Waals surface area contributed by atoms with Crippen molar-refractivity contribution in [3.05, 3.63) is 38.3 Å². The van der Waals surface area contributed by atoms with Crippen molar-refractivity contribution in [2.24, 2.45) is 4.99 Å². The van der Waals surface area contributed by atoms with Crippen molar-refractivity contribution in [3.8, 4) is 0 Å². The molecule has 100 valence electrons. The highest BCUT2D eigenvalue weighted by atomic mass is 32.2. The molecule has 0 aromatic carbocycles. The zero-order chi connectivity index (χ0) is 13.6. The number of nitrogens with one attached hydrogen (secondary N) is 1. The van der Waals surface area contributed by atoms with Gasteiger partial charge < -0.3 is 0 Å². The van der Waals surface area contributed by atoms with Gasteiger partial charge in [0.15, 0.2) is 5.82 Å². The summed E-state index contributed by atoms with van der Waals surface area (Å²) in [7, 11) is 0. The van der Waals surface area contributed by atoms with E-state index in [0.29, 0.717) is 0 Å². The average molecular weight is 293 g/mol. The highest BCUT2D eigenvalue weighted by molar-refractivity contribution is 8.14. The molecule has 0 spiro atoms. The monoisotopic (exact) mass is 293 g/mol. The maximum absolute atomic E-state index is 12.2. The van der Waals surface area contributed by atoms with Crippen LogP contribution in [0.2, 0.25) is 0 Å². The minimum absolute atomic E-state index is 0.0224. The second-order valence-corrected chi connectivity index (χ2v) is 7.06. The van der Waals surface area contributed by atoms with E-state index in [1.54, 1.807) is 23.1 Å². The Morgan fingerprint density at radius 3 is 2.89 bits per heavy atom. The third-order valence-corrected chi connectivity index (χ3v) is 5.31. The number of rotatable bonds is 2. The molecule has 0 bridgehead atoms. The molecule has 0 unspecified atom stereocenters. The predicted molar refractivity (Wildman–Crippen MR) is 82.0 cm³/mol. The molecule has 2 aromatic rings. The number of aromatic amines is 1. The van der Waals surface area contributed by atoms with E-state index in [1.807, 2.05) is 36.9 Å². The first-order valence-electron chi connectivity index (χ1n) is 6.17. The lowest BCUT2D eigenvalue weighted by atomic mass is 10.2. The first-order valence-corrected chi connectivity index (χ1v) is 7.93. The fourth-order valence-electron chi connectivity index (χ4n) is 2.22. The standard InChI is InChI=1S/C13H15N3OS2/c1-7(2)16-12-10(13(17)15-16)11(19-8(3)14-12)9-5-4-6-18-9/h4-7,11H,1-3H3,(H,15,17)/t11-/m1/s1. The summed E-state index contributed by atoms with van der Waals surface area (Å²) in [4.78, 5) is 18.0. The highest BCUT2D eigenvalue weighted by Gasteiger charge is 2.30. The number of H-pyrrole nitrogens is 1. The van der Waals surface area contributed by atoms with E-state index < -0.39 is 0 Å². The second-order valence-electron chi connectivity index (χ2n) is 4.79. The number of aliphatic imine (C=N–C) groups is 1. The molecule has 0 fully saturated rings. The smallest absolute Gasteiger partial charge is 0.268 e. The Kier molecular flexibility index (Phi) is 3.14. The zero-order valence-electron chi connectivity index (χ0n) is 11.0. The molecule has 4 nitrogen and oxygen atoms in total. The molecular formula is C13H15N3OS2. The van der Waals surface area contributed by atoms with E-state index >= 15 is 0 Å². The Balaban J connectivity index is 2.22. The molecule has 2 aromatic heterocycles. The summed E-state index contributed by atoms with van der Waals surface area (Å²) in [5.74, 6) is 0.787. The largest absolute Gasteiger partial charge is 0.271 e. The quantitative estimate of drug-likeness (QED) is 0.917. The Hall–Kier alpha value is -1.27. The number of aromatic nitrogens is 2. The number of fused-ring (bicyclic) bond motifs is 1. The molecule has 1 N–H and O–H groups in total. The van der Waals surface area contributed by atoms with Gasteiger partial charge in [-0.15, -0.1) is 11.3 Å². The number of hydrogen-bond acceptors (Lipinski definition) is 4. The fraction of sp³-hybridized carbons (Fsp3) is 0.385. The van der Waals surface area contributed by atoms with Crippen LogP contribution >= 0.6 is 23.1 Å². The van der Waals surface area contributed by atoms with Gasteiger partial charge in [-0.05, 0) is 32.2 Å². The van der Waals surface area contributed by atoms with Gasteiger partial charge >= 0.3 is 0 Å². The van der Waals surface area contributed by atoms with Crippen molar-refractivity contribution >= 4 is 34.0 Å². The molecule has 3 rings (SSSR count). The minimum Gasteiger partial charge on any atom is -0.268 e. The lowest BCUT2D eigenvalue weighted by Gasteiger charge is -2.20. The van der Waals surface area contributed by atoms with Crippen LogP contribution in [0.25, 0.3) is 0 Å². The molecule has 0 amide bonds. The van der Waals surface area contributed by atoms with E-state index in [0.717, 1.165) is 16.4 Å². The molecule has 3 heterocycles. The molecule has 1 aliphatic heterocycles. The fourth-order valence-corrected chi connectivity index (χ4v) is 4.25. The van der Waals surface area contributed by atoms with Gasteiger partial charge in [-0.1, -0.05) is 17.8 Å². The average Bonchev–Trinajstić information content (AvgIpc) is 2.96. The molecule has 0 radical (unpaired) electrons. The van der Waals surface area contributed by atoms with E-state index in [1.165, 1.54) is 4.88 Å². The Morgan fingerprint density at radius 2 is 2.26 bits per heavy atom. The SMILES string of the molecule is CC1=Nc2c(c(=O)[nH]n2C(C)C)[C@@H](c2cccs2)S1. The third kappa shape index (κ3) is 2.08.